The summed E-state index contributed by atoms with van der Waals surface area (Å²) in [6.45, 7) is 4.45. The van der Waals surface area contributed by atoms with Gasteiger partial charge in [-0.2, -0.15) is 0 Å². The molecule has 0 bridgehead atoms. The lowest BCUT2D eigenvalue weighted by atomic mass is 10.0. The SMILES string of the molecule is CC(C)CCCC(O)c1cncn1C1CC1. The summed E-state index contributed by atoms with van der Waals surface area (Å²) in [6, 6.07) is 0.609. The van der Waals surface area contributed by atoms with Gasteiger partial charge < -0.3 is 9.67 Å². The van der Waals surface area contributed by atoms with E-state index in [1.54, 1.807) is 0 Å². The number of aromatic nitrogens is 2. The van der Waals surface area contributed by atoms with Gasteiger partial charge in [0.25, 0.3) is 0 Å². The molecule has 1 aromatic rings. The lowest BCUT2D eigenvalue weighted by molar-refractivity contribution is 0.152. The molecule has 1 N–H and O–H groups in total. The number of aliphatic hydroxyl groups is 1. The van der Waals surface area contributed by atoms with Crippen LogP contribution in [0.2, 0.25) is 0 Å². The van der Waals surface area contributed by atoms with Gasteiger partial charge in [-0.1, -0.05) is 26.7 Å². The van der Waals surface area contributed by atoms with Crippen LogP contribution in [0.4, 0.5) is 0 Å². The van der Waals surface area contributed by atoms with Gasteiger partial charge in [0.2, 0.25) is 0 Å². The summed E-state index contributed by atoms with van der Waals surface area (Å²) < 4.78 is 2.15. The Hall–Kier alpha value is -0.830. The van der Waals surface area contributed by atoms with Crippen LogP contribution in [0.1, 0.15) is 63.8 Å². The van der Waals surface area contributed by atoms with Crippen LogP contribution in [-0.2, 0) is 0 Å². The normalized spacial score (nSPS) is 18.0. The van der Waals surface area contributed by atoms with Crippen molar-refractivity contribution in [3.05, 3.63) is 18.2 Å². The number of aliphatic hydroxyl groups excluding tert-OH is 1. The van der Waals surface area contributed by atoms with E-state index in [-0.39, 0.29) is 6.10 Å². The van der Waals surface area contributed by atoms with Gasteiger partial charge in [0.1, 0.15) is 0 Å². The molecule has 0 aromatic carbocycles. The van der Waals surface area contributed by atoms with Crippen molar-refractivity contribution in [2.45, 2.75) is 58.1 Å². The average molecular weight is 222 g/mol. The van der Waals surface area contributed by atoms with Gasteiger partial charge >= 0.3 is 0 Å². The summed E-state index contributed by atoms with van der Waals surface area (Å²) in [5.41, 5.74) is 1.01. The molecule has 3 heteroatoms. The minimum absolute atomic E-state index is 0.332. The first-order chi connectivity index (χ1) is 7.68. The van der Waals surface area contributed by atoms with Crippen molar-refractivity contribution < 1.29 is 5.11 Å². The third kappa shape index (κ3) is 2.85. The van der Waals surface area contributed by atoms with E-state index in [0.717, 1.165) is 24.5 Å². The molecule has 2 rings (SSSR count). The summed E-state index contributed by atoms with van der Waals surface area (Å²) in [4.78, 5) is 4.15. The van der Waals surface area contributed by atoms with Crippen molar-refractivity contribution in [3.8, 4) is 0 Å². The highest BCUT2D eigenvalue weighted by Gasteiger charge is 2.27. The van der Waals surface area contributed by atoms with Crippen LogP contribution < -0.4 is 0 Å². The van der Waals surface area contributed by atoms with Crippen LogP contribution >= 0.6 is 0 Å². The largest absolute Gasteiger partial charge is 0.387 e. The van der Waals surface area contributed by atoms with Crippen molar-refractivity contribution in [1.29, 1.82) is 0 Å². The summed E-state index contributed by atoms with van der Waals surface area (Å²) in [5, 5.41) is 10.1. The Balaban J connectivity index is 1.87. The van der Waals surface area contributed by atoms with Crippen LogP contribution in [0.15, 0.2) is 12.5 Å². The molecule has 0 aliphatic heterocycles. The second-order valence-corrected chi connectivity index (χ2v) is 5.30. The number of nitrogens with zero attached hydrogens (tertiary/aromatic N) is 2. The zero-order chi connectivity index (χ0) is 11.5. The lowest BCUT2D eigenvalue weighted by Gasteiger charge is -2.13. The van der Waals surface area contributed by atoms with Crippen LogP contribution in [0.3, 0.4) is 0 Å². The van der Waals surface area contributed by atoms with Crippen molar-refractivity contribution in [2.24, 2.45) is 5.92 Å². The molecule has 1 fully saturated rings. The van der Waals surface area contributed by atoms with Crippen LogP contribution in [-0.4, -0.2) is 14.7 Å². The third-order valence-electron chi connectivity index (χ3n) is 3.24. The van der Waals surface area contributed by atoms with Gasteiger partial charge in [-0.3, -0.25) is 0 Å². The number of hydrogen-bond acceptors (Lipinski definition) is 2. The van der Waals surface area contributed by atoms with Gasteiger partial charge in [0, 0.05) is 6.04 Å². The van der Waals surface area contributed by atoms with Crippen LogP contribution in [0, 0.1) is 5.92 Å². The van der Waals surface area contributed by atoms with Crippen LogP contribution in [0.5, 0.6) is 0 Å². The fourth-order valence-electron chi connectivity index (χ4n) is 2.10. The maximum absolute atomic E-state index is 10.1. The fourth-order valence-corrected chi connectivity index (χ4v) is 2.10. The molecular weight excluding hydrogens is 200 g/mol. The highest BCUT2D eigenvalue weighted by molar-refractivity contribution is 5.06. The zero-order valence-electron chi connectivity index (χ0n) is 10.3. The molecule has 1 aromatic heterocycles. The summed E-state index contributed by atoms with van der Waals surface area (Å²) >= 11 is 0. The molecule has 3 nitrogen and oxygen atoms in total. The lowest BCUT2D eigenvalue weighted by Crippen LogP contribution is -2.06. The van der Waals surface area contributed by atoms with Gasteiger partial charge in [-0.05, 0) is 25.2 Å². The quantitative estimate of drug-likeness (QED) is 0.803. The highest BCUT2D eigenvalue weighted by Crippen LogP contribution is 2.37. The average Bonchev–Trinajstić information content (AvgIpc) is 2.95. The van der Waals surface area contributed by atoms with Crippen LogP contribution in [0.25, 0.3) is 0 Å². The molecule has 0 amide bonds. The molecular formula is C13H22N2O. The molecule has 1 atom stereocenters. The number of imidazole rings is 1. The maximum Gasteiger partial charge on any atom is 0.0955 e. The third-order valence-corrected chi connectivity index (χ3v) is 3.24. The summed E-state index contributed by atoms with van der Waals surface area (Å²) in [6.07, 6.45) is 8.96. The first-order valence-corrected chi connectivity index (χ1v) is 6.38. The van der Waals surface area contributed by atoms with E-state index < -0.39 is 0 Å². The second kappa shape index (κ2) is 5.00. The molecule has 1 heterocycles. The van der Waals surface area contributed by atoms with E-state index in [1.807, 2.05) is 12.5 Å². The maximum atomic E-state index is 10.1. The Morgan fingerprint density at radius 1 is 1.44 bits per heavy atom. The van der Waals surface area contributed by atoms with Gasteiger partial charge in [0.15, 0.2) is 0 Å². The molecule has 1 saturated carbocycles. The van der Waals surface area contributed by atoms with Gasteiger partial charge in [0.05, 0.1) is 24.3 Å². The Bertz CT molecular complexity index is 328. The molecule has 0 radical (unpaired) electrons. The summed E-state index contributed by atoms with van der Waals surface area (Å²) in [5.74, 6) is 0.723. The molecule has 16 heavy (non-hydrogen) atoms. The number of hydrogen-bond donors (Lipinski definition) is 1. The standard InChI is InChI=1S/C13H22N2O/c1-10(2)4-3-5-13(16)12-8-14-9-15(12)11-6-7-11/h8-11,13,16H,3-7H2,1-2H3. The minimum atomic E-state index is -0.332. The summed E-state index contributed by atoms with van der Waals surface area (Å²) in [7, 11) is 0. The topological polar surface area (TPSA) is 38.1 Å². The molecule has 1 aliphatic carbocycles. The zero-order valence-corrected chi connectivity index (χ0v) is 10.3. The molecule has 90 valence electrons. The van der Waals surface area contributed by atoms with E-state index in [0.29, 0.717) is 6.04 Å². The Labute approximate surface area is 97.5 Å². The van der Waals surface area contributed by atoms with Crippen molar-refractivity contribution in [2.75, 3.05) is 0 Å². The van der Waals surface area contributed by atoms with E-state index in [9.17, 15) is 5.11 Å². The smallest absolute Gasteiger partial charge is 0.0955 e. The van der Waals surface area contributed by atoms with Gasteiger partial charge in [-0.25, -0.2) is 4.98 Å². The first-order valence-electron chi connectivity index (χ1n) is 6.38. The van der Waals surface area contributed by atoms with Gasteiger partial charge in [-0.15, -0.1) is 0 Å². The molecule has 1 aliphatic rings. The Morgan fingerprint density at radius 3 is 2.81 bits per heavy atom. The predicted molar refractivity (Wildman–Crippen MR) is 64.1 cm³/mol. The van der Waals surface area contributed by atoms with E-state index >= 15 is 0 Å². The first kappa shape index (κ1) is 11.6. The van der Waals surface area contributed by atoms with E-state index in [1.165, 1.54) is 19.3 Å². The second-order valence-electron chi connectivity index (χ2n) is 5.30. The highest BCUT2D eigenvalue weighted by atomic mass is 16.3. The Morgan fingerprint density at radius 2 is 2.19 bits per heavy atom. The molecule has 1 unspecified atom stereocenters. The number of rotatable bonds is 6. The monoisotopic (exact) mass is 222 g/mol. The molecule has 0 spiro atoms. The molecule has 0 saturated heterocycles. The fraction of sp³-hybridized carbons (Fsp3) is 0.769. The van der Waals surface area contributed by atoms with Crippen molar-refractivity contribution in [1.82, 2.24) is 9.55 Å². The van der Waals surface area contributed by atoms with Crippen molar-refractivity contribution >= 4 is 0 Å². The van der Waals surface area contributed by atoms with Crippen molar-refractivity contribution in [3.63, 3.8) is 0 Å². The minimum Gasteiger partial charge on any atom is -0.387 e. The van der Waals surface area contributed by atoms with E-state index in [2.05, 4.69) is 23.4 Å². The Kier molecular flexibility index (Phi) is 3.64. The van der Waals surface area contributed by atoms with E-state index in [4.69, 9.17) is 0 Å². The predicted octanol–water partition coefficient (Wildman–Crippen LogP) is 3.08.